The molecule has 0 unspecified atom stereocenters. The van der Waals surface area contributed by atoms with Crippen molar-refractivity contribution in [1.82, 2.24) is 10.2 Å². The van der Waals surface area contributed by atoms with Crippen molar-refractivity contribution in [3.8, 4) is 0 Å². The average molecular weight is 362 g/mol. The third kappa shape index (κ3) is 5.21. The zero-order valence-electron chi connectivity index (χ0n) is 15.7. The first kappa shape index (κ1) is 19.8. The van der Waals surface area contributed by atoms with Crippen molar-refractivity contribution < 1.29 is 23.9 Å². The van der Waals surface area contributed by atoms with Crippen molar-refractivity contribution >= 4 is 18.0 Å². The van der Waals surface area contributed by atoms with Crippen molar-refractivity contribution in [2.24, 2.45) is 0 Å². The van der Waals surface area contributed by atoms with Crippen LogP contribution >= 0.6 is 0 Å². The smallest absolute Gasteiger partial charge is 0.408 e. The number of nitrogens with zero attached hydrogens (tertiary/aromatic N) is 1. The van der Waals surface area contributed by atoms with E-state index in [4.69, 9.17) is 9.47 Å². The van der Waals surface area contributed by atoms with Crippen molar-refractivity contribution in [1.29, 1.82) is 0 Å². The second kappa shape index (κ2) is 8.21. The summed E-state index contributed by atoms with van der Waals surface area (Å²) in [6.07, 6.45) is 0.440. The summed E-state index contributed by atoms with van der Waals surface area (Å²) in [5, 5.41) is 2.61. The molecule has 1 aromatic carbocycles. The molecule has 142 valence electrons. The van der Waals surface area contributed by atoms with Gasteiger partial charge in [-0.15, -0.1) is 0 Å². The lowest BCUT2D eigenvalue weighted by Crippen LogP contribution is -2.55. The van der Waals surface area contributed by atoms with Crippen LogP contribution in [0.25, 0.3) is 0 Å². The lowest BCUT2D eigenvalue weighted by atomic mass is 9.92. The van der Waals surface area contributed by atoms with Gasteiger partial charge < -0.3 is 19.7 Å². The number of hydrogen-bond acceptors (Lipinski definition) is 5. The van der Waals surface area contributed by atoms with Crippen LogP contribution in [0.5, 0.6) is 0 Å². The summed E-state index contributed by atoms with van der Waals surface area (Å²) in [6.45, 7) is 5.10. The lowest BCUT2D eigenvalue weighted by molar-refractivity contribution is -0.151. The second-order valence-corrected chi connectivity index (χ2v) is 7.24. The minimum absolute atomic E-state index is 0.165. The number of hydrogen-bond donors (Lipinski definition) is 1. The van der Waals surface area contributed by atoms with Gasteiger partial charge in [-0.1, -0.05) is 30.3 Å². The van der Waals surface area contributed by atoms with Crippen LogP contribution in [-0.4, -0.2) is 48.2 Å². The number of ether oxygens (including phenoxy) is 2. The Morgan fingerprint density at radius 1 is 1.19 bits per heavy atom. The summed E-state index contributed by atoms with van der Waals surface area (Å²) in [6, 6.07) is 8.55. The Labute approximate surface area is 153 Å². The SMILES string of the molecule is COC(=O)CN1C(=O)[C@@H](NC(=O)OC(C)(C)C)CC[C@H]1c1ccccc1. The molecule has 7 heteroatoms. The third-order valence-corrected chi connectivity index (χ3v) is 4.09. The minimum atomic E-state index is -0.727. The molecule has 2 amide bonds. The molecule has 1 aliphatic heterocycles. The first-order valence-electron chi connectivity index (χ1n) is 8.63. The van der Waals surface area contributed by atoms with E-state index < -0.39 is 23.7 Å². The van der Waals surface area contributed by atoms with E-state index in [9.17, 15) is 14.4 Å². The van der Waals surface area contributed by atoms with Gasteiger partial charge in [-0.2, -0.15) is 0 Å². The molecule has 2 atom stereocenters. The fourth-order valence-electron chi connectivity index (χ4n) is 2.95. The molecule has 0 aliphatic carbocycles. The molecular formula is C19H26N2O5. The lowest BCUT2D eigenvalue weighted by Gasteiger charge is -2.39. The van der Waals surface area contributed by atoms with Crippen molar-refractivity contribution in [2.45, 2.75) is 51.3 Å². The number of likely N-dealkylation sites (tertiary alicyclic amines) is 1. The van der Waals surface area contributed by atoms with Gasteiger partial charge in [-0.05, 0) is 39.2 Å². The van der Waals surface area contributed by atoms with E-state index in [1.54, 1.807) is 20.8 Å². The monoisotopic (exact) mass is 362 g/mol. The summed E-state index contributed by atoms with van der Waals surface area (Å²) < 4.78 is 9.95. The topological polar surface area (TPSA) is 84.9 Å². The van der Waals surface area contributed by atoms with Gasteiger partial charge in [-0.3, -0.25) is 9.59 Å². The molecule has 0 saturated carbocycles. The van der Waals surface area contributed by atoms with Gasteiger partial charge in [0.25, 0.3) is 0 Å². The van der Waals surface area contributed by atoms with Gasteiger partial charge in [0.05, 0.1) is 13.2 Å². The molecular weight excluding hydrogens is 336 g/mol. The highest BCUT2D eigenvalue weighted by molar-refractivity contribution is 5.89. The van der Waals surface area contributed by atoms with Crippen LogP contribution in [0.2, 0.25) is 0 Å². The first-order chi connectivity index (χ1) is 12.2. The van der Waals surface area contributed by atoms with Crippen LogP contribution in [0, 0.1) is 0 Å². The number of amides is 2. The molecule has 1 N–H and O–H groups in total. The average Bonchev–Trinajstić information content (AvgIpc) is 2.57. The molecule has 26 heavy (non-hydrogen) atoms. The van der Waals surface area contributed by atoms with Crippen LogP contribution in [-0.2, 0) is 19.1 Å². The minimum Gasteiger partial charge on any atom is -0.468 e. The standard InChI is InChI=1S/C19H26N2O5/c1-19(2,3)26-18(24)20-14-10-11-15(13-8-6-5-7-9-13)21(17(14)23)12-16(22)25-4/h5-9,14-15H,10-12H2,1-4H3,(H,20,24)/t14-,15-/m0/s1. The maximum Gasteiger partial charge on any atom is 0.408 e. The Bertz CT molecular complexity index is 654. The van der Waals surface area contributed by atoms with E-state index in [-0.39, 0.29) is 18.5 Å². The van der Waals surface area contributed by atoms with Crippen LogP contribution in [0.1, 0.15) is 45.2 Å². The molecule has 1 aliphatic rings. The summed E-state index contributed by atoms with van der Waals surface area (Å²) >= 11 is 0. The van der Waals surface area contributed by atoms with E-state index in [1.165, 1.54) is 12.0 Å². The maximum absolute atomic E-state index is 12.9. The quantitative estimate of drug-likeness (QED) is 0.832. The van der Waals surface area contributed by atoms with Gasteiger partial charge in [0, 0.05) is 0 Å². The highest BCUT2D eigenvalue weighted by atomic mass is 16.6. The number of methoxy groups -OCH3 is 1. The van der Waals surface area contributed by atoms with E-state index >= 15 is 0 Å². The summed E-state index contributed by atoms with van der Waals surface area (Å²) in [5.74, 6) is -0.821. The number of nitrogens with one attached hydrogen (secondary N) is 1. The number of piperidine rings is 1. The Kier molecular flexibility index (Phi) is 6.23. The van der Waals surface area contributed by atoms with Crippen molar-refractivity contribution in [3.05, 3.63) is 35.9 Å². The van der Waals surface area contributed by atoms with Crippen molar-refractivity contribution in [2.75, 3.05) is 13.7 Å². The van der Waals surface area contributed by atoms with E-state index in [2.05, 4.69) is 5.32 Å². The molecule has 0 spiro atoms. The fourth-order valence-corrected chi connectivity index (χ4v) is 2.95. The predicted octanol–water partition coefficient (Wildman–Crippen LogP) is 2.42. The fraction of sp³-hybridized carbons (Fsp3) is 0.526. The summed E-state index contributed by atoms with van der Waals surface area (Å²) in [4.78, 5) is 38.2. The zero-order chi connectivity index (χ0) is 19.3. The van der Waals surface area contributed by atoms with Crippen LogP contribution in [0.15, 0.2) is 30.3 Å². The molecule has 0 aromatic heterocycles. The van der Waals surface area contributed by atoms with Gasteiger partial charge in [0.1, 0.15) is 18.2 Å². The van der Waals surface area contributed by atoms with E-state index in [0.717, 1.165) is 5.56 Å². The highest BCUT2D eigenvalue weighted by Gasteiger charge is 2.38. The third-order valence-electron chi connectivity index (χ3n) is 4.09. The Morgan fingerprint density at radius 2 is 1.85 bits per heavy atom. The molecule has 1 aromatic rings. The number of rotatable bonds is 4. The predicted molar refractivity (Wildman–Crippen MR) is 95.3 cm³/mol. The normalized spacial score (nSPS) is 20.5. The van der Waals surface area contributed by atoms with Crippen molar-refractivity contribution in [3.63, 3.8) is 0 Å². The first-order valence-corrected chi connectivity index (χ1v) is 8.63. The molecule has 2 rings (SSSR count). The number of carbonyl (C=O) groups excluding carboxylic acids is 3. The zero-order valence-corrected chi connectivity index (χ0v) is 15.7. The van der Waals surface area contributed by atoms with Crippen LogP contribution in [0.3, 0.4) is 0 Å². The van der Waals surface area contributed by atoms with Crippen LogP contribution < -0.4 is 5.32 Å². The molecule has 0 radical (unpaired) electrons. The maximum atomic E-state index is 12.9. The largest absolute Gasteiger partial charge is 0.468 e. The Balaban J connectivity index is 2.16. The molecule has 1 fully saturated rings. The van der Waals surface area contributed by atoms with E-state index in [0.29, 0.717) is 12.8 Å². The molecule has 1 saturated heterocycles. The number of carbonyl (C=O) groups is 3. The summed E-state index contributed by atoms with van der Waals surface area (Å²) in [7, 11) is 1.28. The molecule has 7 nitrogen and oxygen atoms in total. The molecule has 0 bridgehead atoms. The summed E-state index contributed by atoms with van der Waals surface area (Å²) in [5.41, 5.74) is 0.292. The van der Waals surface area contributed by atoms with Gasteiger partial charge in [0.2, 0.25) is 5.91 Å². The second-order valence-electron chi connectivity index (χ2n) is 7.24. The van der Waals surface area contributed by atoms with Crippen LogP contribution in [0.4, 0.5) is 4.79 Å². The van der Waals surface area contributed by atoms with E-state index in [1.807, 2.05) is 30.3 Å². The highest BCUT2D eigenvalue weighted by Crippen LogP contribution is 2.31. The Morgan fingerprint density at radius 3 is 2.42 bits per heavy atom. The Hall–Kier alpha value is -2.57. The van der Waals surface area contributed by atoms with Gasteiger partial charge in [-0.25, -0.2) is 4.79 Å². The number of alkyl carbamates (subject to hydrolysis) is 1. The number of benzene rings is 1. The molecule has 1 heterocycles. The number of esters is 1. The van der Waals surface area contributed by atoms with Gasteiger partial charge in [0.15, 0.2) is 0 Å². The van der Waals surface area contributed by atoms with Gasteiger partial charge >= 0.3 is 12.1 Å².